The van der Waals surface area contributed by atoms with Crippen molar-refractivity contribution in [1.82, 2.24) is 15.4 Å². The van der Waals surface area contributed by atoms with E-state index in [0.717, 1.165) is 6.07 Å². The fraction of sp³-hybridized carbons (Fsp3) is 0.300. The van der Waals surface area contributed by atoms with E-state index in [0.29, 0.717) is 5.56 Å². The molecule has 0 atom stereocenters. The van der Waals surface area contributed by atoms with Crippen LogP contribution in [0.25, 0.3) is 0 Å². The summed E-state index contributed by atoms with van der Waals surface area (Å²) < 4.78 is 40.5. The minimum Gasteiger partial charge on any atom is -0.350 e. The van der Waals surface area contributed by atoms with Crippen LogP contribution in [0.1, 0.15) is 40.1 Å². The Morgan fingerprint density at radius 1 is 1.03 bits per heavy atom. The summed E-state index contributed by atoms with van der Waals surface area (Å²) in [6.45, 7) is 5.11. The number of carbonyl (C=O) groups is 2. The molecular formula is C20H23ClFN3O4S. The van der Waals surface area contributed by atoms with Crippen LogP contribution in [0.5, 0.6) is 0 Å². The Kier molecular flexibility index (Phi) is 7.94. The van der Waals surface area contributed by atoms with E-state index in [2.05, 4.69) is 15.4 Å². The third-order valence-corrected chi connectivity index (χ3v) is 6.00. The van der Waals surface area contributed by atoms with Crippen LogP contribution in [0.4, 0.5) is 4.39 Å². The van der Waals surface area contributed by atoms with E-state index in [9.17, 15) is 22.4 Å². The van der Waals surface area contributed by atoms with Crippen LogP contribution in [0.3, 0.4) is 0 Å². The van der Waals surface area contributed by atoms with Gasteiger partial charge in [0.2, 0.25) is 10.0 Å². The number of aryl methyl sites for hydroxylation is 1. The van der Waals surface area contributed by atoms with Crippen LogP contribution in [0.15, 0.2) is 41.3 Å². The Morgan fingerprint density at radius 2 is 1.67 bits per heavy atom. The Labute approximate surface area is 180 Å². The van der Waals surface area contributed by atoms with Crippen LogP contribution in [0.2, 0.25) is 5.02 Å². The summed E-state index contributed by atoms with van der Waals surface area (Å²) in [5.41, 5.74) is 0.599. The van der Waals surface area contributed by atoms with Crippen molar-refractivity contribution in [1.29, 1.82) is 0 Å². The number of rotatable bonds is 8. The van der Waals surface area contributed by atoms with E-state index < -0.39 is 27.7 Å². The maximum atomic E-state index is 13.5. The third-order valence-electron chi connectivity index (χ3n) is 4.01. The van der Waals surface area contributed by atoms with E-state index >= 15 is 0 Å². The highest BCUT2D eigenvalue weighted by atomic mass is 35.5. The Morgan fingerprint density at radius 3 is 2.27 bits per heavy atom. The third kappa shape index (κ3) is 6.25. The Hall–Kier alpha value is -2.49. The number of sulfonamides is 1. The maximum Gasteiger partial charge on any atom is 0.252 e. The summed E-state index contributed by atoms with van der Waals surface area (Å²) in [6.07, 6.45) is 0. The molecule has 2 aromatic carbocycles. The van der Waals surface area contributed by atoms with E-state index in [4.69, 9.17) is 11.6 Å². The fourth-order valence-electron chi connectivity index (χ4n) is 2.51. The molecule has 0 spiro atoms. The molecule has 162 valence electrons. The standard InChI is InChI=1S/C20H23ClFN3O4S/c1-12(2)25-30(28,29)15-6-7-17(21)16(11-15)20(27)24-9-8-23-19(26)14-5-4-13(3)18(22)10-14/h4-7,10-12,25H,8-9H2,1-3H3,(H,23,26)(H,24,27). The van der Waals surface area contributed by atoms with Gasteiger partial charge in [-0.1, -0.05) is 17.7 Å². The first kappa shape index (κ1) is 23.8. The molecule has 0 radical (unpaired) electrons. The molecule has 7 nitrogen and oxygen atoms in total. The van der Waals surface area contributed by atoms with Gasteiger partial charge in [-0.15, -0.1) is 0 Å². The lowest BCUT2D eigenvalue weighted by Gasteiger charge is -2.12. The molecule has 3 N–H and O–H groups in total. The molecule has 0 bridgehead atoms. The van der Waals surface area contributed by atoms with Gasteiger partial charge in [-0.05, 0) is 56.7 Å². The van der Waals surface area contributed by atoms with Crippen LogP contribution in [-0.2, 0) is 10.0 Å². The van der Waals surface area contributed by atoms with Gasteiger partial charge in [-0.25, -0.2) is 17.5 Å². The molecule has 0 aliphatic carbocycles. The van der Waals surface area contributed by atoms with Crippen LogP contribution in [0, 0.1) is 12.7 Å². The number of carbonyl (C=O) groups excluding carboxylic acids is 2. The van der Waals surface area contributed by atoms with E-state index in [1.807, 2.05) is 0 Å². The van der Waals surface area contributed by atoms with Gasteiger partial charge in [0.25, 0.3) is 11.8 Å². The normalized spacial score (nSPS) is 11.4. The van der Waals surface area contributed by atoms with Crippen LogP contribution >= 0.6 is 11.6 Å². The molecule has 0 fully saturated rings. The summed E-state index contributed by atoms with van der Waals surface area (Å²) in [7, 11) is -3.78. The minimum atomic E-state index is -3.78. The van der Waals surface area contributed by atoms with E-state index in [1.165, 1.54) is 30.3 Å². The van der Waals surface area contributed by atoms with Gasteiger partial charge in [0.15, 0.2) is 0 Å². The van der Waals surface area contributed by atoms with Crippen molar-refractivity contribution in [3.8, 4) is 0 Å². The zero-order chi connectivity index (χ0) is 22.5. The topological polar surface area (TPSA) is 104 Å². The molecule has 0 saturated carbocycles. The highest BCUT2D eigenvalue weighted by molar-refractivity contribution is 7.89. The molecule has 0 saturated heterocycles. The van der Waals surface area contributed by atoms with Gasteiger partial charge in [-0.2, -0.15) is 0 Å². The monoisotopic (exact) mass is 455 g/mol. The zero-order valence-electron chi connectivity index (χ0n) is 16.8. The molecule has 0 aliphatic rings. The van der Waals surface area contributed by atoms with Crippen LogP contribution in [-0.4, -0.2) is 39.4 Å². The highest BCUT2D eigenvalue weighted by Crippen LogP contribution is 2.20. The maximum absolute atomic E-state index is 13.5. The van der Waals surface area contributed by atoms with Gasteiger partial charge in [-0.3, -0.25) is 9.59 Å². The zero-order valence-corrected chi connectivity index (χ0v) is 18.3. The number of halogens is 2. The summed E-state index contributed by atoms with van der Waals surface area (Å²) in [5, 5.41) is 5.22. The number of amides is 2. The number of nitrogens with one attached hydrogen (secondary N) is 3. The number of benzene rings is 2. The first-order chi connectivity index (χ1) is 14.0. The average Bonchev–Trinajstić information content (AvgIpc) is 2.66. The van der Waals surface area contributed by atoms with Gasteiger partial charge in [0.05, 0.1) is 15.5 Å². The molecule has 0 heterocycles. The Balaban J connectivity index is 1.97. The quantitative estimate of drug-likeness (QED) is 0.532. The summed E-state index contributed by atoms with van der Waals surface area (Å²) >= 11 is 6.04. The molecule has 0 unspecified atom stereocenters. The first-order valence-corrected chi connectivity index (χ1v) is 11.0. The largest absolute Gasteiger partial charge is 0.350 e. The summed E-state index contributed by atoms with van der Waals surface area (Å²) in [6, 6.07) is 7.67. The molecule has 2 amide bonds. The lowest BCUT2D eigenvalue weighted by molar-refractivity contribution is 0.0927. The second kappa shape index (κ2) is 10.0. The Bertz CT molecular complexity index is 1060. The van der Waals surface area contributed by atoms with Crippen molar-refractivity contribution in [3.63, 3.8) is 0 Å². The summed E-state index contributed by atoms with van der Waals surface area (Å²) in [4.78, 5) is 24.3. The van der Waals surface area contributed by atoms with Gasteiger partial charge in [0, 0.05) is 24.7 Å². The second-order valence-electron chi connectivity index (χ2n) is 6.89. The minimum absolute atomic E-state index is 0.00442. The molecule has 2 rings (SSSR count). The van der Waals surface area contributed by atoms with Gasteiger partial charge < -0.3 is 10.6 Å². The van der Waals surface area contributed by atoms with Crippen molar-refractivity contribution in [3.05, 3.63) is 63.9 Å². The first-order valence-electron chi connectivity index (χ1n) is 9.15. The van der Waals surface area contributed by atoms with Crippen molar-refractivity contribution in [2.45, 2.75) is 31.7 Å². The molecule has 2 aromatic rings. The van der Waals surface area contributed by atoms with Crippen molar-refractivity contribution >= 4 is 33.4 Å². The molecule has 0 aliphatic heterocycles. The lowest BCUT2D eigenvalue weighted by atomic mass is 10.1. The molecule has 0 aromatic heterocycles. The smallest absolute Gasteiger partial charge is 0.252 e. The number of hydrogen-bond acceptors (Lipinski definition) is 4. The second-order valence-corrected chi connectivity index (χ2v) is 9.01. The van der Waals surface area contributed by atoms with Crippen LogP contribution < -0.4 is 15.4 Å². The predicted molar refractivity (Wildman–Crippen MR) is 113 cm³/mol. The fourth-order valence-corrected chi connectivity index (χ4v) is 3.99. The molecular weight excluding hydrogens is 433 g/mol. The van der Waals surface area contributed by atoms with Crippen molar-refractivity contribution in [2.24, 2.45) is 0 Å². The molecule has 10 heteroatoms. The predicted octanol–water partition coefficient (Wildman–Crippen LogP) is 2.63. The van der Waals surface area contributed by atoms with Crippen molar-refractivity contribution < 1.29 is 22.4 Å². The van der Waals surface area contributed by atoms with E-state index in [-0.39, 0.29) is 40.2 Å². The van der Waals surface area contributed by atoms with E-state index in [1.54, 1.807) is 20.8 Å². The SMILES string of the molecule is Cc1ccc(C(=O)NCCNC(=O)c2cc(S(=O)(=O)NC(C)C)ccc2Cl)cc1F. The van der Waals surface area contributed by atoms with Crippen molar-refractivity contribution in [2.75, 3.05) is 13.1 Å². The lowest BCUT2D eigenvalue weighted by Crippen LogP contribution is -2.35. The number of hydrogen-bond donors (Lipinski definition) is 3. The highest BCUT2D eigenvalue weighted by Gasteiger charge is 2.19. The average molecular weight is 456 g/mol. The summed E-state index contributed by atoms with van der Waals surface area (Å²) in [5.74, 6) is -1.54. The van der Waals surface area contributed by atoms with Gasteiger partial charge >= 0.3 is 0 Å². The molecule has 30 heavy (non-hydrogen) atoms. The van der Waals surface area contributed by atoms with Gasteiger partial charge in [0.1, 0.15) is 5.82 Å².